The summed E-state index contributed by atoms with van der Waals surface area (Å²) < 4.78 is 0. The van der Waals surface area contributed by atoms with Crippen molar-refractivity contribution in [2.75, 3.05) is 13.1 Å². The van der Waals surface area contributed by atoms with Crippen molar-refractivity contribution in [1.29, 1.82) is 0 Å². The molecule has 1 unspecified atom stereocenters. The summed E-state index contributed by atoms with van der Waals surface area (Å²) in [6, 6.07) is -0.402. The molecule has 0 aromatic heterocycles. The van der Waals surface area contributed by atoms with Gasteiger partial charge in [0.05, 0.1) is 5.41 Å². The van der Waals surface area contributed by atoms with Gasteiger partial charge in [-0.2, -0.15) is 0 Å². The van der Waals surface area contributed by atoms with Gasteiger partial charge in [-0.15, -0.1) is 0 Å². The Kier molecular flexibility index (Phi) is 4.29. The van der Waals surface area contributed by atoms with E-state index in [2.05, 4.69) is 10.6 Å². The number of hydrogen-bond acceptors (Lipinski definition) is 3. The van der Waals surface area contributed by atoms with Gasteiger partial charge < -0.3 is 16.4 Å². The molecule has 0 radical (unpaired) electrons. The second-order valence-electron chi connectivity index (χ2n) is 4.90. The van der Waals surface area contributed by atoms with Crippen molar-refractivity contribution in [2.45, 2.75) is 39.2 Å². The Bertz CT molecular complexity index is 276. The lowest BCUT2D eigenvalue weighted by atomic mass is 9.92. The van der Waals surface area contributed by atoms with Gasteiger partial charge in [-0.05, 0) is 33.1 Å². The van der Waals surface area contributed by atoms with Crippen molar-refractivity contribution >= 4 is 11.8 Å². The van der Waals surface area contributed by atoms with Crippen LogP contribution in [-0.4, -0.2) is 30.9 Å². The summed E-state index contributed by atoms with van der Waals surface area (Å²) in [6.07, 6.45) is 2.63. The highest BCUT2D eigenvalue weighted by Gasteiger charge is 2.30. The largest absolute Gasteiger partial charge is 0.354 e. The molecule has 0 spiro atoms. The summed E-state index contributed by atoms with van der Waals surface area (Å²) in [4.78, 5) is 23.5. The topological polar surface area (TPSA) is 84.2 Å². The first-order valence-electron chi connectivity index (χ1n) is 5.76. The van der Waals surface area contributed by atoms with Crippen molar-refractivity contribution in [3.63, 3.8) is 0 Å². The van der Waals surface area contributed by atoms with E-state index in [9.17, 15) is 9.59 Å². The van der Waals surface area contributed by atoms with Crippen LogP contribution in [0.25, 0.3) is 0 Å². The minimum Gasteiger partial charge on any atom is -0.354 e. The lowest BCUT2D eigenvalue weighted by molar-refractivity contribution is -0.133. The SMILES string of the molecule is CC(C)(CN)C(=O)NC1CCCCNC1=O. The molecule has 0 aromatic rings. The standard InChI is InChI=1S/C11H21N3O2/c1-11(2,7-12)10(16)14-8-5-3-4-6-13-9(8)15/h8H,3-7,12H2,1-2H3,(H,13,15)(H,14,16). The number of carbonyl (C=O) groups excluding carboxylic acids is 2. The van der Waals surface area contributed by atoms with Gasteiger partial charge in [0, 0.05) is 13.1 Å². The smallest absolute Gasteiger partial charge is 0.242 e. The summed E-state index contributed by atoms with van der Waals surface area (Å²) in [5.41, 5.74) is 4.90. The maximum Gasteiger partial charge on any atom is 0.242 e. The van der Waals surface area contributed by atoms with Crippen LogP contribution in [0.4, 0.5) is 0 Å². The van der Waals surface area contributed by atoms with E-state index in [0.29, 0.717) is 13.0 Å². The number of nitrogens with two attached hydrogens (primary N) is 1. The Morgan fingerprint density at radius 1 is 1.56 bits per heavy atom. The summed E-state index contributed by atoms with van der Waals surface area (Å²) >= 11 is 0. The van der Waals surface area contributed by atoms with Crippen LogP contribution < -0.4 is 16.4 Å². The van der Waals surface area contributed by atoms with E-state index in [4.69, 9.17) is 5.73 Å². The fraction of sp³-hybridized carbons (Fsp3) is 0.818. The van der Waals surface area contributed by atoms with Gasteiger partial charge >= 0.3 is 0 Å². The predicted octanol–water partition coefficient (Wildman–Crippen LogP) is -0.244. The van der Waals surface area contributed by atoms with Gasteiger partial charge in [0.25, 0.3) is 0 Å². The number of carbonyl (C=O) groups is 2. The molecule has 1 rings (SSSR count). The van der Waals surface area contributed by atoms with Gasteiger partial charge in [-0.3, -0.25) is 9.59 Å². The van der Waals surface area contributed by atoms with Gasteiger partial charge in [-0.25, -0.2) is 0 Å². The molecule has 1 saturated heterocycles. The number of amides is 2. The van der Waals surface area contributed by atoms with Crippen LogP contribution in [0.5, 0.6) is 0 Å². The molecule has 1 aliphatic rings. The van der Waals surface area contributed by atoms with Crippen molar-refractivity contribution < 1.29 is 9.59 Å². The molecule has 0 bridgehead atoms. The Morgan fingerprint density at radius 3 is 2.88 bits per heavy atom. The Balaban J connectivity index is 2.58. The number of rotatable bonds is 3. The first kappa shape index (κ1) is 13.0. The van der Waals surface area contributed by atoms with Crippen LogP contribution >= 0.6 is 0 Å². The minimum absolute atomic E-state index is 0.0846. The molecule has 92 valence electrons. The predicted molar refractivity (Wildman–Crippen MR) is 61.6 cm³/mol. The van der Waals surface area contributed by atoms with Gasteiger partial charge in [-0.1, -0.05) is 0 Å². The van der Waals surface area contributed by atoms with Gasteiger partial charge in [0.1, 0.15) is 6.04 Å². The maximum absolute atomic E-state index is 11.9. The fourth-order valence-electron chi connectivity index (χ4n) is 1.52. The van der Waals surface area contributed by atoms with Crippen LogP contribution in [0.15, 0.2) is 0 Å². The van der Waals surface area contributed by atoms with Crippen LogP contribution in [0.1, 0.15) is 33.1 Å². The zero-order valence-electron chi connectivity index (χ0n) is 10.0. The molecule has 0 saturated carbocycles. The summed E-state index contributed by atoms with van der Waals surface area (Å²) in [6.45, 7) is 4.52. The van der Waals surface area contributed by atoms with Crippen LogP contribution in [0.3, 0.4) is 0 Å². The average Bonchev–Trinajstić information content (AvgIpc) is 2.44. The minimum atomic E-state index is -0.618. The van der Waals surface area contributed by atoms with E-state index in [0.717, 1.165) is 12.8 Å². The molecule has 1 atom stereocenters. The number of nitrogens with one attached hydrogen (secondary N) is 2. The normalized spacial score (nSPS) is 22.2. The first-order valence-corrected chi connectivity index (χ1v) is 5.76. The van der Waals surface area contributed by atoms with E-state index in [1.54, 1.807) is 13.8 Å². The van der Waals surface area contributed by atoms with Crippen molar-refractivity contribution in [3.8, 4) is 0 Å². The fourth-order valence-corrected chi connectivity index (χ4v) is 1.52. The molecule has 16 heavy (non-hydrogen) atoms. The second-order valence-corrected chi connectivity index (χ2v) is 4.90. The van der Waals surface area contributed by atoms with Crippen LogP contribution in [0.2, 0.25) is 0 Å². The third-order valence-electron chi connectivity index (χ3n) is 2.97. The average molecular weight is 227 g/mol. The quantitative estimate of drug-likeness (QED) is 0.622. The molecule has 5 nitrogen and oxygen atoms in total. The lowest BCUT2D eigenvalue weighted by Crippen LogP contribution is -2.51. The zero-order chi connectivity index (χ0) is 12.2. The molecule has 5 heteroatoms. The van der Waals surface area contributed by atoms with E-state index in [1.165, 1.54) is 0 Å². The van der Waals surface area contributed by atoms with E-state index >= 15 is 0 Å². The number of hydrogen-bond donors (Lipinski definition) is 3. The van der Waals surface area contributed by atoms with Crippen molar-refractivity contribution in [1.82, 2.24) is 10.6 Å². The molecule has 0 aliphatic carbocycles. The highest BCUT2D eigenvalue weighted by Crippen LogP contribution is 2.14. The molecule has 0 aromatic carbocycles. The molecular weight excluding hydrogens is 206 g/mol. The van der Waals surface area contributed by atoms with Crippen LogP contribution in [-0.2, 0) is 9.59 Å². The molecule has 1 aliphatic heterocycles. The Hall–Kier alpha value is -1.10. The molecule has 1 heterocycles. The molecular formula is C11H21N3O2. The van der Waals surface area contributed by atoms with E-state index in [1.807, 2.05) is 0 Å². The molecule has 1 fully saturated rings. The van der Waals surface area contributed by atoms with Crippen molar-refractivity contribution in [2.24, 2.45) is 11.1 Å². The molecule has 4 N–H and O–H groups in total. The van der Waals surface area contributed by atoms with Crippen LogP contribution in [0, 0.1) is 5.41 Å². The third kappa shape index (κ3) is 3.20. The summed E-state index contributed by atoms with van der Waals surface area (Å²) in [7, 11) is 0. The molecule has 2 amide bonds. The second kappa shape index (κ2) is 5.30. The highest BCUT2D eigenvalue weighted by molar-refractivity contribution is 5.89. The maximum atomic E-state index is 11.9. The Morgan fingerprint density at radius 2 is 2.25 bits per heavy atom. The Labute approximate surface area is 96.1 Å². The highest BCUT2D eigenvalue weighted by atomic mass is 16.2. The summed E-state index contributed by atoms with van der Waals surface area (Å²) in [5.74, 6) is -0.240. The van der Waals surface area contributed by atoms with E-state index in [-0.39, 0.29) is 18.4 Å². The van der Waals surface area contributed by atoms with Crippen molar-refractivity contribution in [3.05, 3.63) is 0 Å². The monoisotopic (exact) mass is 227 g/mol. The van der Waals surface area contributed by atoms with Gasteiger partial charge in [0.2, 0.25) is 11.8 Å². The zero-order valence-corrected chi connectivity index (χ0v) is 10.0. The first-order chi connectivity index (χ1) is 7.47. The third-order valence-corrected chi connectivity index (χ3v) is 2.97. The summed E-state index contributed by atoms with van der Waals surface area (Å²) in [5, 5.41) is 5.55. The van der Waals surface area contributed by atoms with Gasteiger partial charge in [0.15, 0.2) is 0 Å². The van der Waals surface area contributed by atoms with E-state index < -0.39 is 11.5 Å². The lowest BCUT2D eigenvalue weighted by Gasteiger charge is -2.24.